The number of hydrogen-bond donors (Lipinski definition) is 1. The molecule has 2 heterocycles. The van der Waals surface area contributed by atoms with Crippen molar-refractivity contribution in [3.63, 3.8) is 0 Å². The summed E-state index contributed by atoms with van der Waals surface area (Å²) >= 11 is 1.72. The van der Waals surface area contributed by atoms with Crippen LogP contribution in [0.4, 0.5) is 0 Å². The molecule has 0 saturated carbocycles. The molecular formula is C18H18N2OS. The number of thiophene rings is 1. The Morgan fingerprint density at radius 3 is 2.82 bits per heavy atom. The Hall–Kier alpha value is -2.33. The summed E-state index contributed by atoms with van der Waals surface area (Å²) in [7, 11) is 0. The van der Waals surface area contributed by atoms with E-state index < -0.39 is 0 Å². The first-order valence-corrected chi connectivity index (χ1v) is 8.03. The van der Waals surface area contributed by atoms with Gasteiger partial charge in [0.15, 0.2) is 0 Å². The first kappa shape index (κ1) is 14.6. The van der Waals surface area contributed by atoms with Gasteiger partial charge in [0.1, 0.15) is 5.69 Å². The Bertz CT molecular complexity index is 814. The van der Waals surface area contributed by atoms with Gasteiger partial charge in [0, 0.05) is 18.0 Å². The van der Waals surface area contributed by atoms with Crippen LogP contribution in [0.2, 0.25) is 0 Å². The van der Waals surface area contributed by atoms with Gasteiger partial charge in [-0.3, -0.25) is 4.79 Å². The number of nitrogens with zero attached hydrogens (tertiary/aromatic N) is 1. The van der Waals surface area contributed by atoms with Crippen LogP contribution < -0.4 is 5.32 Å². The second-order valence-corrected chi connectivity index (χ2v) is 6.49. The number of nitrogens with one attached hydrogen (secondary N) is 1. The average molecular weight is 310 g/mol. The highest BCUT2D eigenvalue weighted by Gasteiger charge is 2.17. The third kappa shape index (κ3) is 2.83. The molecule has 0 fully saturated rings. The van der Waals surface area contributed by atoms with Crippen molar-refractivity contribution in [1.82, 2.24) is 9.88 Å². The number of carbonyl (C=O) groups is 1. The van der Waals surface area contributed by atoms with Crippen LogP contribution in [0.15, 0.2) is 55.1 Å². The number of fused-ring (bicyclic) bond motifs is 1. The van der Waals surface area contributed by atoms with Crippen LogP contribution in [0.1, 0.15) is 20.9 Å². The van der Waals surface area contributed by atoms with Crippen molar-refractivity contribution < 1.29 is 4.79 Å². The standard InChI is InChI=1S/C18H18N2OS/c1-3-9-19-18(21)16-11-17-15(10-13(2)22-17)20(16)12-14-7-5-4-6-8-14/h3-8,10-11H,1,9,12H2,2H3,(H,19,21). The van der Waals surface area contributed by atoms with E-state index in [-0.39, 0.29) is 5.91 Å². The van der Waals surface area contributed by atoms with E-state index in [4.69, 9.17) is 0 Å². The predicted molar refractivity (Wildman–Crippen MR) is 92.6 cm³/mol. The molecule has 22 heavy (non-hydrogen) atoms. The van der Waals surface area contributed by atoms with E-state index in [9.17, 15) is 4.79 Å². The van der Waals surface area contributed by atoms with E-state index >= 15 is 0 Å². The summed E-state index contributed by atoms with van der Waals surface area (Å²) in [6.45, 7) is 6.90. The zero-order valence-electron chi connectivity index (χ0n) is 12.5. The molecule has 1 aromatic carbocycles. The maximum atomic E-state index is 12.4. The number of rotatable bonds is 5. The molecule has 3 rings (SSSR count). The molecule has 0 aliphatic rings. The third-order valence-corrected chi connectivity index (χ3v) is 4.52. The number of aromatic nitrogens is 1. The molecule has 0 aliphatic carbocycles. The lowest BCUT2D eigenvalue weighted by Crippen LogP contribution is -2.26. The Balaban J connectivity index is 2.03. The minimum absolute atomic E-state index is 0.0584. The zero-order valence-corrected chi connectivity index (χ0v) is 13.3. The van der Waals surface area contributed by atoms with Crippen molar-refractivity contribution in [1.29, 1.82) is 0 Å². The largest absolute Gasteiger partial charge is 0.347 e. The second-order valence-electron chi connectivity index (χ2n) is 5.21. The van der Waals surface area contributed by atoms with E-state index in [1.165, 1.54) is 10.4 Å². The van der Waals surface area contributed by atoms with E-state index in [0.29, 0.717) is 18.8 Å². The van der Waals surface area contributed by atoms with Gasteiger partial charge < -0.3 is 9.88 Å². The van der Waals surface area contributed by atoms with E-state index in [0.717, 1.165) is 10.2 Å². The maximum absolute atomic E-state index is 12.4. The van der Waals surface area contributed by atoms with Gasteiger partial charge >= 0.3 is 0 Å². The maximum Gasteiger partial charge on any atom is 0.268 e. The minimum Gasteiger partial charge on any atom is -0.347 e. The fourth-order valence-corrected chi connectivity index (χ4v) is 3.51. The molecule has 0 atom stereocenters. The molecule has 3 aromatic rings. The topological polar surface area (TPSA) is 34.0 Å². The SMILES string of the molecule is C=CCNC(=O)c1cc2sc(C)cc2n1Cc1ccccc1. The molecule has 112 valence electrons. The monoisotopic (exact) mass is 310 g/mol. The predicted octanol–water partition coefficient (Wildman–Crippen LogP) is 3.98. The van der Waals surface area contributed by atoms with Gasteiger partial charge in [-0.05, 0) is 24.6 Å². The first-order valence-electron chi connectivity index (χ1n) is 7.21. The summed E-state index contributed by atoms with van der Waals surface area (Å²) in [5.41, 5.74) is 3.00. The van der Waals surface area contributed by atoms with Crippen molar-refractivity contribution in [3.8, 4) is 0 Å². The number of amides is 1. The molecule has 0 radical (unpaired) electrons. The van der Waals surface area contributed by atoms with E-state index in [1.807, 2.05) is 24.3 Å². The number of carbonyl (C=O) groups excluding carboxylic acids is 1. The minimum atomic E-state index is -0.0584. The van der Waals surface area contributed by atoms with Gasteiger partial charge in [0.25, 0.3) is 5.91 Å². The lowest BCUT2D eigenvalue weighted by molar-refractivity contribution is 0.0949. The summed E-state index contributed by atoms with van der Waals surface area (Å²) in [4.78, 5) is 13.6. The van der Waals surface area contributed by atoms with Gasteiger partial charge in [-0.1, -0.05) is 36.4 Å². The van der Waals surface area contributed by atoms with Crippen LogP contribution in [0.25, 0.3) is 10.2 Å². The highest BCUT2D eigenvalue weighted by molar-refractivity contribution is 7.19. The third-order valence-electron chi connectivity index (χ3n) is 3.54. The molecule has 0 spiro atoms. The van der Waals surface area contributed by atoms with E-state index in [1.54, 1.807) is 17.4 Å². The summed E-state index contributed by atoms with van der Waals surface area (Å²) in [5, 5.41) is 2.87. The number of hydrogen-bond acceptors (Lipinski definition) is 2. The van der Waals surface area contributed by atoms with Crippen LogP contribution >= 0.6 is 11.3 Å². The summed E-state index contributed by atoms with van der Waals surface area (Å²) < 4.78 is 3.24. The van der Waals surface area contributed by atoms with Crippen LogP contribution in [0.3, 0.4) is 0 Å². The molecule has 2 aromatic heterocycles. The molecule has 0 unspecified atom stereocenters. The molecule has 4 heteroatoms. The lowest BCUT2D eigenvalue weighted by atomic mass is 10.2. The lowest BCUT2D eigenvalue weighted by Gasteiger charge is -2.10. The van der Waals surface area contributed by atoms with Crippen LogP contribution in [0, 0.1) is 6.92 Å². The summed E-state index contributed by atoms with van der Waals surface area (Å²) in [5.74, 6) is -0.0584. The summed E-state index contributed by atoms with van der Waals surface area (Å²) in [6.07, 6.45) is 1.69. The Labute approximate surface area is 133 Å². The van der Waals surface area contributed by atoms with Gasteiger partial charge in [0.2, 0.25) is 0 Å². The van der Waals surface area contributed by atoms with Crippen molar-refractivity contribution in [2.45, 2.75) is 13.5 Å². The highest BCUT2D eigenvalue weighted by Crippen LogP contribution is 2.29. The molecule has 0 saturated heterocycles. The quantitative estimate of drug-likeness (QED) is 0.711. The van der Waals surface area contributed by atoms with Crippen molar-refractivity contribution in [3.05, 3.63) is 71.3 Å². The number of benzene rings is 1. The molecule has 3 nitrogen and oxygen atoms in total. The van der Waals surface area contributed by atoms with Gasteiger partial charge in [-0.2, -0.15) is 0 Å². The zero-order chi connectivity index (χ0) is 15.5. The highest BCUT2D eigenvalue weighted by atomic mass is 32.1. The normalized spacial score (nSPS) is 10.8. The fourth-order valence-electron chi connectivity index (χ4n) is 2.54. The van der Waals surface area contributed by atoms with Crippen molar-refractivity contribution in [2.24, 2.45) is 0 Å². The second kappa shape index (κ2) is 6.20. The fraction of sp³-hybridized carbons (Fsp3) is 0.167. The molecule has 1 N–H and O–H groups in total. The van der Waals surface area contributed by atoms with E-state index in [2.05, 4.69) is 41.6 Å². The Morgan fingerprint density at radius 1 is 1.32 bits per heavy atom. The molecular weight excluding hydrogens is 292 g/mol. The first-order chi connectivity index (χ1) is 10.7. The van der Waals surface area contributed by atoms with Crippen LogP contribution in [-0.2, 0) is 6.54 Å². The molecule has 0 aliphatic heterocycles. The Kier molecular flexibility index (Phi) is 4.11. The van der Waals surface area contributed by atoms with Crippen molar-refractivity contribution >= 4 is 27.5 Å². The van der Waals surface area contributed by atoms with Crippen LogP contribution in [0.5, 0.6) is 0 Å². The average Bonchev–Trinajstić information content (AvgIpc) is 3.03. The van der Waals surface area contributed by atoms with Crippen molar-refractivity contribution in [2.75, 3.05) is 6.54 Å². The summed E-state index contributed by atoms with van der Waals surface area (Å²) in [6, 6.07) is 14.3. The van der Waals surface area contributed by atoms with Gasteiger partial charge in [-0.25, -0.2) is 0 Å². The Morgan fingerprint density at radius 2 is 2.09 bits per heavy atom. The van der Waals surface area contributed by atoms with Gasteiger partial charge in [0.05, 0.1) is 10.2 Å². The molecule has 1 amide bonds. The van der Waals surface area contributed by atoms with Gasteiger partial charge in [-0.15, -0.1) is 17.9 Å². The smallest absolute Gasteiger partial charge is 0.268 e. The molecule has 0 bridgehead atoms. The van der Waals surface area contributed by atoms with Crippen LogP contribution in [-0.4, -0.2) is 17.0 Å². The number of aryl methyl sites for hydroxylation is 1.